The molecule has 0 saturated carbocycles. The number of benzene rings is 3. The second kappa shape index (κ2) is 9.55. The van der Waals surface area contributed by atoms with Crippen molar-refractivity contribution in [3.63, 3.8) is 0 Å². The zero-order valence-corrected chi connectivity index (χ0v) is 16.4. The Morgan fingerprint density at radius 1 is 0.897 bits per heavy atom. The standard InChI is InChI=1S/C24H23NO4/c1-17-8-12-21(13-9-17)25-23(26)18(2)29-24(27)20-10-14-22(15-11-20)28-16-19-6-4-3-5-7-19/h3-15,18H,16H2,1-2H3,(H,25,26)/t18-/m0/s1. The van der Waals surface area contributed by atoms with Gasteiger partial charge >= 0.3 is 5.97 Å². The largest absolute Gasteiger partial charge is 0.489 e. The van der Waals surface area contributed by atoms with Crippen LogP contribution < -0.4 is 10.1 Å². The number of aryl methyl sites for hydroxylation is 1. The maximum Gasteiger partial charge on any atom is 0.338 e. The van der Waals surface area contributed by atoms with Crippen molar-refractivity contribution in [3.8, 4) is 5.75 Å². The van der Waals surface area contributed by atoms with Crippen LogP contribution in [0, 0.1) is 6.92 Å². The molecule has 1 atom stereocenters. The van der Waals surface area contributed by atoms with E-state index in [0.717, 1.165) is 11.1 Å². The zero-order chi connectivity index (χ0) is 20.6. The SMILES string of the molecule is Cc1ccc(NC(=O)[C@H](C)OC(=O)c2ccc(OCc3ccccc3)cc2)cc1. The van der Waals surface area contributed by atoms with Crippen LogP contribution in [0.3, 0.4) is 0 Å². The highest BCUT2D eigenvalue weighted by Crippen LogP contribution is 2.16. The molecule has 5 nitrogen and oxygen atoms in total. The molecular weight excluding hydrogens is 366 g/mol. The van der Waals surface area contributed by atoms with Crippen molar-refractivity contribution in [2.75, 3.05) is 5.32 Å². The summed E-state index contributed by atoms with van der Waals surface area (Å²) >= 11 is 0. The van der Waals surface area contributed by atoms with Gasteiger partial charge in [0.15, 0.2) is 6.10 Å². The van der Waals surface area contributed by atoms with Crippen LogP contribution in [0.4, 0.5) is 5.69 Å². The Labute approximate surface area is 170 Å². The Morgan fingerprint density at radius 3 is 2.21 bits per heavy atom. The lowest BCUT2D eigenvalue weighted by atomic mass is 10.2. The Kier molecular flexibility index (Phi) is 6.63. The van der Waals surface area contributed by atoms with Crippen LogP contribution in [0.25, 0.3) is 0 Å². The van der Waals surface area contributed by atoms with E-state index in [0.29, 0.717) is 23.6 Å². The third-order valence-electron chi connectivity index (χ3n) is 4.31. The van der Waals surface area contributed by atoms with Gasteiger partial charge in [-0.3, -0.25) is 4.79 Å². The number of amides is 1. The molecule has 148 valence electrons. The van der Waals surface area contributed by atoms with Gasteiger partial charge < -0.3 is 14.8 Å². The van der Waals surface area contributed by atoms with E-state index in [1.54, 1.807) is 43.3 Å². The normalized spacial score (nSPS) is 11.4. The lowest BCUT2D eigenvalue weighted by Gasteiger charge is -2.14. The van der Waals surface area contributed by atoms with E-state index >= 15 is 0 Å². The minimum atomic E-state index is -0.919. The molecular formula is C24H23NO4. The van der Waals surface area contributed by atoms with Crippen molar-refractivity contribution in [2.24, 2.45) is 0 Å². The van der Waals surface area contributed by atoms with Gasteiger partial charge in [-0.15, -0.1) is 0 Å². The minimum Gasteiger partial charge on any atom is -0.489 e. The average molecular weight is 389 g/mol. The van der Waals surface area contributed by atoms with E-state index in [1.165, 1.54) is 0 Å². The fourth-order valence-electron chi connectivity index (χ4n) is 2.59. The van der Waals surface area contributed by atoms with Crippen molar-refractivity contribution in [1.82, 2.24) is 0 Å². The fourth-order valence-corrected chi connectivity index (χ4v) is 2.59. The van der Waals surface area contributed by atoms with Gasteiger partial charge in [0.25, 0.3) is 5.91 Å². The molecule has 1 amide bonds. The van der Waals surface area contributed by atoms with E-state index in [4.69, 9.17) is 9.47 Å². The van der Waals surface area contributed by atoms with Crippen molar-refractivity contribution < 1.29 is 19.1 Å². The number of carbonyl (C=O) groups is 2. The van der Waals surface area contributed by atoms with Crippen LogP contribution in [0.5, 0.6) is 5.75 Å². The van der Waals surface area contributed by atoms with Gasteiger partial charge in [0.1, 0.15) is 12.4 Å². The maximum atomic E-state index is 12.3. The highest BCUT2D eigenvalue weighted by molar-refractivity contribution is 5.97. The molecule has 5 heteroatoms. The smallest absolute Gasteiger partial charge is 0.338 e. The number of hydrogen-bond acceptors (Lipinski definition) is 4. The van der Waals surface area contributed by atoms with Crippen molar-refractivity contribution in [2.45, 2.75) is 26.6 Å². The van der Waals surface area contributed by atoms with Gasteiger partial charge in [0.2, 0.25) is 0 Å². The van der Waals surface area contributed by atoms with E-state index in [2.05, 4.69) is 5.32 Å². The van der Waals surface area contributed by atoms with Crippen LogP contribution in [-0.2, 0) is 16.1 Å². The summed E-state index contributed by atoms with van der Waals surface area (Å²) in [5.74, 6) is -0.299. The van der Waals surface area contributed by atoms with Crippen molar-refractivity contribution >= 4 is 17.6 Å². The minimum absolute atomic E-state index is 0.354. The number of carbonyl (C=O) groups excluding carboxylic acids is 2. The first-order valence-electron chi connectivity index (χ1n) is 9.36. The first-order chi connectivity index (χ1) is 14.0. The summed E-state index contributed by atoms with van der Waals surface area (Å²) in [6, 6.07) is 23.9. The number of rotatable bonds is 7. The molecule has 0 bridgehead atoms. The van der Waals surface area contributed by atoms with Gasteiger partial charge in [0, 0.05) is 5.69 Å². The highest BCUT2D eigenvalue weighted by Gasteiger charge is 2.19. The van der Waals surface area contributed by atoms with Gasteiger partial charge in [-0.2, -0.15) is 0 Å². The third kappa shape index (κ3) is 5.94. The molecule has 3 rings (SSSR count). The molecule has 0 unspecified atom stereocenters. The predicted molar refractivity (Wildman–Crippen MR) is 112 cm³/mol. The van der Waals surface area contributed by atoms with E-state index in [-0.39, 0.29) is 5.91 Å². The molecule has 3 aromatic carbocycles. The third-order valence-corrected chi connectivity index (χ3v) is 4.31. The number of anilines is 1. The molecule has 0 radical (unpaired) electrons. The second-order valence-electron chi connectivity index (χ2n) is 6.70. The van der Waals surface area contributed by atoms with Crippen LogP contribution in [-0.4, -0.2) is 18.0 Å². The van der Waals surface area contributed by atoms with Crippen molar-refractivity contribution in [3.05, 3.63) is 95.6 Å². The van der Waals surface area contributed by atoms with Crippen molar-refractivity contribution in [1.29, 1.82) is 0 Å². The van der Waals surface area contributed by atoms with E-state index < -0.39 is 12.1 Å². The van der Waals surface area contributed by atoms with E-state index in [1.807, 2.05) is 49.4 Å². The maximum absolute atomic E-state index is 12.3. The molecule has 29 heavy (non-hydrogen) atoms. The quantitative estimate of drug-likeness (QED) is 0.592. The fraction of sp³-hybridized carbons (Fsp3) is 0.167. The Bertz CT molecular complexity index is 950. The summed E-state index contributed by atoms with van der Waals surface area (Å²) in [6.45, 7) is 3.95. The number of ether oxygens (including phenoxy) is 2. The van der Waals surface area contributed by atoms with Gasteiger partial charge in [-0.1, -0.05) is 48.0 Å². The molecule has 0 aliphatic heterocycles. The molecule has 0 aliphatic carbocycles. The number of nitrogens with one attached hydrogen (secondary N) is 1. The number of hydrogen-bond donors (Lipinski definition) is 1. The van der Waals surface area contributed by atoms with Crippen LogP contribution >= 0.6 is 0 Å². The summed E-state index contributed by atoms with van der Waals surface area (Å²) in [4.78, 5) is 24.5. The Balaban J connectivity index is 1.51. The molecule has 3 aromatic rings. The summed E-state index contributed by atoms with van der Waals surface area (Å²) in [5.41, 5.74) is 3.17. The molecule has 0 aliphatic rings. The highest BCUT2D eigenvalue weighted by atomic mass is 16.5. The van der Waals surface area contributed by atoms with Crippen LogP contribution in [0.15, 0.2) is 78.9 Å². The predicted octanol–water partition coefficient (Wildman–Crippen LogP) is 4.76. The Hall–Kier alpha value is -3.60. The first kappa shape index (κ1) is 20.1. The first-order valence-corrected chi connectivity index (χ1v) is 9.36. The molecule has 0 aromatic heterocycles. The number of esters is 1. The summed E-state index contributed by atoms with van der Waals surface area (Å²) in [7, 11) is 0. The molecule has 0 spiro atoms. The summed E-state index contributed by atoms with van der Waals surface area (Å²) in [6.07, 6.45) is -0.919. The summed E-state index contributed by atoms with van der Waals surface area (Å²) in [5, 5.41) is 2.73. The van der Waals surface area contributed by atoms with Crippen LogP contribution in [0.1, 0.15) is 28.4 Å². The second-order valence-corrected chi connectivity index (χ2v) is 6.70. The Morgan fingerprint density at radius 2 is 1.55 bits per heavy atom. The van der Waals surface area contributed by atoms with Gasteiger partial charge in [-0.05, 0) is 55.8 Å². The average Bonchev–Trinajstić information content (AvgIpc) is 2.75. The van der Waals surface area contributed by atoms with E-state index in [9.17, 15) is 9.59 Å². The lowest BCUT2D eigenvalue weighted by molar-refractivity contribution is -0.123. The summed E-state index contributed by atoms with van der Waals surface area (Å²) < 4.78 is 11.0. The topological polar surface area (TPSA) is 64.6 Å². The molecule has 1 N–H and O–H groups in total. The molecule has 0 saturated heterocycles. The zero-order valence-electron chi connectivity index (χ0n) is 16.4. The van der Waals surface area contributed by atoms with Crippen LogP contribution in [0.2, 0.25) is 0 Å². The van der Waals surface area contributed by atoms with Gasteiger partial charge in [-0.25, -0.2) is 4.79 Å². The lowest BCUT2D eigenvalue weighted by Crippen LogP contribution is -2.30. The van der Waals surface area contributed by atoms with Gasteiger partial charge in [0.05, 0.1) is 5.56 Å². The molecule has 0 fully saturated rings. The molecule has 0 heterocycles. The monoisotopic (exact) mass is 389 g/mol.